The summed E-state index contributed by atoms with van der Waals surface area (Å²) in [5.41, 5.74) is 5.65. The van der Waals surface area contributed by atoms with Crippen molar-refractivity contribution in [1.29, 1.82) is 0 Å². The molecular formula is C7H16N2. The zero-order valence-electron chi connectivity index (χ0n) is 6.22. The Morgan fingerprint density at radius 1 is 1.44 bits per heavy atom. The second-order valence-electron chi connectivity index (χ2n) is 3.20. The minimum absolute atomic E-state index is 0.261. The molecule has 1 rings (SSSR count). The van der Waals surface area contributed by atoms with E-state index in [2.05, 4.69) is 19.2 Å². The van der Waals surface area contributed by atoms with Gasteiger partial charge < -0.3 is 5.73 Å². The van der Waals surface area contributed by atoms with E-state index in [0.717, 1.165) is 12.3 Å². The maximum atomic E-state index is 5.65. The average Bonchev–Trinajstić information content (AvgIpc) is 2.14. The summed E-state index contributed by atoms with van der Waals surface area (Å²) in [5.74, 6) is 0.735. The summed E-state index contributed by atoms with van der Waals surface area (Å²) in [4.78, 5) is 0. The molecule has 0 aromatic carbocycles. The molecule has 1 saturated heterocycles. The van der Waals surface area contributed by atoms with Gasteiger partial charge in [-0.3, -0.25) is 5.32 Å². The van der Waals surface area contributed by atoms with Gasteiger partial charge in [-0.25, -0.2) is 0 Å². The predicted molar refractivity (Wildman–Crippen MR) is 39.0 cm³/mol. The van der Waals surface area contributed by atoms with Gasteiger partial charge >= 0.3 is 0 Å². The van der Waals surface area contributed by atoms with E-state index in [0.29, 0.717) is 6.04 Å². The highest BCUT2D eigenvalue weighted by Gasteiger charge is 2.22. The molecule has 0 aromatic rings. The molecule has 0 aliphatic carbocycles. The standard InChI is InChI=1S/C7H16N2/c1-5(2)6-3-4-7(8)9-6/h5-7,9H,3-4,8H2,1-2H3. The van der Waals surface area contributed by atoms with Crippen LogP contribution in [-0.2, 0) is 0 Å². The fourth-order valence-corrected chi connectivity index (χ4v) is 1.33. The number of nitrogens with one attached hydrogen (secondary N) is 1. The van der Waals surface area contributed by atoms with Crippen molar-refractivity contribution in [2.75, 3.05) is 0 Å². The molecule has 9 heavy (non-hydrogen) atoms. The SMILES string of the molecule is CC(C)C1CCC(N)N1. The predicted octanol–water partition coefficient (Wildman–Crippen LogP) is 0.679. The van der Waals surface area contributed by atoms with Crippen molar-refractivity contribution in [2.45, 2.75) is 38.9 Å². The Morgan fingerprint density at radius 2 is 2.11 bits per heavy atom. The van der Waals surface area contributed by atoms with Crippen LogP contribution in [0.25, 0.3) is 0 Å². The van der Waals surface area contributed by atoms with Crippen LogP contribution in [0.5, 0.6) is 0 Å². The molecule has 1 heterocycles. The van der Waals surface area contributed by atoms with Crippen LogP contribution in [-0.4, -0.2) is 12.2 Å². The second kappa shape index (κ2) is 2.67. The fraction of sp³-hybridized carbons (Fsp3) is 1.00. The second-order valence-corrected chi connectivity index (χ2v) is 3.20. The number of nitrogens with two attached hydrogens (primary N) is 1. The lowest BCUT2D eigenvalue weighted by molar-refractivity contribution is 0.432. The van der Waals surface area contributed by atoms with Crippen molar-refractivity contribution in [3.63, 3.8) is 0 Å². The Labute approximate surface area is 56.8 Å². The maximum Gasteiger partial charge on any atom is 0.0549 e. The lowest BCUT2D eigenvalue weighted by atomic mass is 10.0. The lowest BCUT2D eigenvalue weighted by Crippen LogP contribution is -2.38. The van der Waals surface area contributed by atoms with E-state index in [1.165, 1.54) is 6.42 Å². The first-order valence-electron chi connectivity index (χ1n) is 3.72. The van der Waals surface area contributed by atoms with Crippen LogP contribution < -0.4 is 11.1 Å². The van der Waals surface area contributed by atoms with Crippen molar-refractivity contribution >= 4 is 0 Å². The zero-order valence-corrected chi connectivity index (χ0v) is 6.22. The highest BCUT2D eigenvalue weighted by atomic mass is 15.1. The van der Waals surface area contributed by atoms with Gasteiger partial charge in [0.05, 0.1) is 6.17 Å². The van der Waals surface area contributed by atoms with Gasteiger partial charge in [0.15, 0.2) is 0 Å². The highest BCUT2D eigenvalue weighted by molar-refractivity contribution is 4.81. The maximum absolute atomic E-state index is 5.65. The molecule has 0 radical (unpaired) electrons. The van der Waals surface area contributed by atoms with E-state index in [1.54, 1.807) is 0 Å². The van der Waals surface area contributed by atoms with Crippen molar-refractivity contribution in [1.82, 2.24) is 5.32 Å². The van der Waals surface area contributed by atoms with Crippen molar-refractivity contribution in [3.05, 3.63) is 0 Å². The van der Waals surface area contributed by atoms with Gasteiger partial charge in [-0.05, 0) is 18.8 Å². The van der Waals surface area contributed by atoms with Gasteiger partial charge in [0.2, 0.25) is 0 Å². The molecule has 2 nitrogen and oxygen atoms in total. The summed E-state index contributed by atoms with van der Waals surface area (Å²) in [5, 5.41) is 3.33. The van der Waals surface area contributed by atoms with E-state index in [1.807, 2.05) is 0 Å². The van der Waals surface area contributed by atoms with Crippen molar-refractivity contribution < 1.29 is 0 Å². The Bertz CT molecular complexity index is 90.9. The monoisotopic (exact) mass is 128 g/mol. The number of rotatable bonds is 1. The normalized spacial score (nSPS) is 36.0. The van der Waals surface area contributed by atoms with E-state index in [-0.39, 0.29) is 6.17 Å². The van der Waals surface area contributed by atoms with Gasteiger partial charge in [0.1, 0.15) is 0 Å². The van der Waals surface area contributed by atoms with Crippen LogP contribution in [0.4, 0.5) is 0 Å². The van der Waals surface area contributed by atoms with Crippen LogP contribution in [0.2, 0.25) is 0 Å². The Balaban J connectivity index is 2.30. The number of hydrogen-bond acceptors (Lipinski definition) is 2. The molecule has 2 unspecified atom stereocenters. The van der Waals surface area contributed by atoms with E-state index < -0.39 is 0 Å². The molecule has 0 saturated carbocycles. The summed E-state index contributed by atoms with van der Waals surface area (Å²) in [6, 6.07) is 0.667. The van der Waals surface area contributed by atoms with Gasteiger partial charge in [-0.15, -0.1) is 0 Å². The Kier molecular flexibility index (Phi) is 2.09. The van der Waals surface area contributed by atoms with Crippen LogP contribution in [0.1, 0.15) is 26.7 Å². The third-order valence-corrected chi connectivity index (χ3v) is 2.02. The first-order valence-corrected chi connectivity index (χ1v) is 3.72. The quantitative estimate of drug-likeness (QED) is 0.545. The van der Waals surface area contributed by atoms with Crippen molar-refractivity contribution in [2.24, 2.45) is 11.7 Å². The largest absolute Gasteiger partial charge is 0.316 e. The molecule has 2 heteroatoms. The summed E-state index contributed by atoms with van der Waals surface area (Å²) in [6.45, 7) is 4.46. The molecule has 0 bridgehead atoms. The Morgan fingerprint density at radius 3 is 2.33 bits per heavy atom. The lowest BCUT2D eigenvalue weighted by Gasteiger charge is -2.14. The average molecular weight is 128 g/mol. The summed E-state index contributed by atoms with van der Waals surface area (Å²) in [6.07, 6.45) is 2.65. The van der Waals surface area contributed by atoms with Crippen LogP contribution >= 0.6 is 0 Å². The first kappa shape index (κ1) is 7.03. The minimum Gasteiger partial charge on any atom is -0.316 e. The molecule has 1 aliphatic rings. The van der Waals surface area contributed by atoms with Gasteiger partial charge in [-0.2, -0.15) is 0 Å². The molecule has 1 aliphatic heterocycles. The van der Waals surface area contributed by atoms with Crippen LogP contribution in [0, 0.1) is 5.92 Å². The third-order valence-electron chi connectivity index (χ3n) is 2.02. The first-order chi connectivity index (χ1) is 4.20. The summed E-state index contributed by atoms with van der Waals surface area (Å²) < 4.78 is 0. The molecule has 0 amide bonds. The van der Waals surface area contributed by atoms with E-state index >= 15 is 0 Å². The summed E-state index contributed by atoms with van der Waals surface area (Å²) in [7, 11) is 0. The summed E-state index contributed by atoms with van der Waals surface area (Å²) >= 11 is 0. The Hall–Kier alpha value is -0.0800. The molecular weight excluding hydrogens is 112 g/mol. The number of hydrogen-bond donors (Lipinski definition) is 2. The molecule has 1 fully saturated rings. The van der Waals surface area contributed by atoms with E-state index in [9.17, 15) is 0 Å². The van der Waals surface area contributed by atoms with Crippen LogP contribution in [0.15, 0.2) is 0 Å². The fourth-order valence-electron chi connectivity index (χ4n) is 1.33. The van der Waals surface area contributed by atoms with Gasteiger partial charge in [0, 0.05) is 6.04 Å². The van der Waals surface area contributed by atoms with Gasteiger partial charge in [-0.1, -0.05) is 13.8 Å². The van der Waals surface area contributed by atoms with Crippen LogP contribution in [0.3, 0.4) is 0 Å². The zero-order chi connectivity index (χ0) is 6.85. The molecule has 0 spiro atoms. The van der Waals surface area contributed by atoms with E-state index in [4.69, 9.17) is 5.73 Å². The van der Waals surface area contributed by atoms with Gasteiger partial charge in [0.25, 0.3) is 0 Å². The topological polar surface area (TPSA) is 38.0 Å². The molecule has 2 atom stereocenters. The molecule has 0 aromatic heterocycles. The van der Waals surface area contributed by atoms with Crippen molar-refractivity contribution in [3.8, 4) is 0 Å². The smallest absolute Gasteiger partial charge is 0.0549 e. The molecule has 3 N–H and O–H groups in total. The minimum atomic E-state index is 0.261. The third kappa shape index (κ3) is 1.66. The molecule has 54 valence electrons. The highest BCUT2D eigenvalue weighted by Crippen LogP contribution is 2.15.